The molecule has 0 bridgehead atoms. The lowest BCUT2D eigenvalue weighted by Crippen LogP contribution is -2.40. The molecule has 1 unspecified atom stereocenters. The van der Waals surface area contributed by atoms with Gasteiger partial charge in [0, 0.05) is 30.7 Å². The fourth-order valence-electron chi connectivity index (χ4n) is 3.30. The van der Waals surface area contributed by atoms with Gasteiger partial charge in [-0.3, -0.25) is 23.7 Å². The Morgan fingerprint density at radius 1 is 1.06 bits per heavy atom. The minimum atomic E-state index is -1.33. The van der Waals surface area contributed by atoms with Crippen LogP contribution in [0.5, 0.6) is 0 Å². The summed E-state index contributed by atoms with van der Waals surface area (Å²) in [5.74, 6) is -3.40. The number of aromatic nitrogens is 4. The minimum Gasteiger partial charge on any atom is -0.463 e. The Morgan fingerprint density at radius 2 is 1.75 bits per heavy atom. The first kappa shape index (κ1) is 19.3. The highest BCUT2D eigenvalue weighted by atomic mass is 16.7. The SMILES string of the molecule is [2H]CC(=O)OC[C@H]1OC(n2cnc3c(C(=O)C(C)C)ncnc32)[C@H](OC(=O)C[2H])[C@@H]1OC(=O)C[2H]. The molecule has 0 radical (unpaired) electrons. The number of carbonyl (C=O) groups is 4. The van der Waals surface area contributed by atoms with Crippen LogP contribution in [0.25, 0.3) is 11.2 Å². The van der Waals surface area contributed by atoms with Crippen molar-refractivity contribution in [2.24, 2.45) is 5.92 Å². The van der Waals surface area contributed by atoms with Gasteiger partial charge in [-0.15, -0.1) is 0 Å². The zero-order valence-corrected chi connectivity index (χ0v) is 17.4. The summed E-state index contributed by atoms with van der Waals surface area (Å²) in [5.41, 5.74) is 0.416. The van der Waals surface area contributed by atoms with Crippen molar-refractivity contribution in [3.05, 3.63) is 18.3 Å². The van der Waals surface area contributed by atoms with Crippen LogP contribution in [-0.4, -0.2) is 68.1 Å². The number of ketones is 1. The summed E-state index contributed by atoms with van der Waals surface area (Å²) in [6.45, 7) is 0.843. The van der Waals surface area contributed by atoms with Gasteiger partial charge in [0.05, 0.1) is 6.33 Å². The number of fused-ring (bicyclic) bond motifs is 1. The molecule has 1 saturated heterocycles. The molecule has 0 N–H and O–H groups in total. The summed E-state index contributed by atoms with van der Waals surface area (Å²) in [4.78, 5) is 60.5. The lowest BCUT2D eigenvalue weighted by atomic mass is 10.1. The third-order valence-corrected chi connectivity index (χ3v) is 4.62. The number of ether oxygens (including phenoxy) is 4. The van der Waals surface area contributed by atoms with Crippen molar-refractivity contribution in [1.82, 2.24) is 19.5 Å². The maximum atomic E-state index is 12.6. The van der Waals surface area contributed by atoms with Gasteiger partial charge in [0.2, 0.25) is 0 Å². The molecule has 0 aromatic carbocycles. The van der Waals surface area contributed by atoms with Gasteiger partial charge in [0.1, 0.15) is 30.2 Å². The molecule has 1 fully saturated rings. The largest absolute Gasteiger partial charge is 0.463 e. The van der Waals surface area contributed by atoms with Gasteiger partial charge in [-0.25, -0.2) is 15.0 Å². The van der Waals surface area contributed by atoms with E-state index < -0.39 is 69.8 Å². The Labute approximate surface area is 187 Å². The Bertz CT molecular complexity index is 1110. The van der Waals surface area contributed by atoms with Crippen LogP contribution in [0, 0.1) is 5.92 Å². The topological polar surface area (TPSA) is 149 Å². The molecular weight excluding hydrogens is 424 g/mol. The number of nitrogens with zero attached hydrogens (tertiary/aromatic N) is 4. The fraction of sp³-hybridized carbons (Fsp3) is 0.550. The van der Waals surface area contributed by atoms with E-state index in [0.717, 1.165) is 0 Å². The number of imidazole rings is 1. The normalized spacial score (nSPS) is 23.9. The molecule has 0 saturated carbocycles. The lowest BCUT2D eigenvalue weighted by Gasteiger charge is -2.23. The molecule has 12 nitrogen and oxygen atoms in total. The van der Waals surface area contributed by atoms with Crippen LogP contribution >= 0.6 is 0 Å². The predicted molar refractivity (Wildman–Crippen MR) is 106 cm³/mol. The molecule has 32 heavy (non-hydrogen) atoms. The maximum Gasteiger partial charge on any atom is 0.303 e. The van der Waals surface area contributed by atoms with Crippen molar-refractivity contribution >= 4 is 34.9 Å². The van der Waals surface area contributed by atoms with E-state index in [1.54, 1.807) is 13.8 Å². The number of carbonyl (C=O) groups excluding carboxylic acids is 4. The number of hydrogen-bond acceptors (Lipinski definition) is 11. The van der Waals surface area contributed by atoms with E-state index in [-0.39, 0.29) is 28.6 Å². The second-order valence-corrected chi connectivity index (χ2v) is 7.22. The number of esters is 3. The van der Waals surface area contributed by atoms with Gasteiger partial charge in [-0.05, 0) is 0 Å². The Hall–Kier alpha value is -3.41. The van der Waals surface area contributed by atoms with E-state index in [0.29, 0.717) is 0 Å². The molecule has 0 aliphatic carbocycles. The molecule has 2 aromatic rings. The Balaban J connectivity index is 2.05. The molecular formula is C20H24N4O8. The van der Waals surface area contributed by atoms with E-state index in [1.165, 1.54) is 17.2 Å². The van der Waals surface area contributed by atoms with Crippen molar-refractivity contribution in [1.29, 1.82) is 0 Å². The van der Waals surface area contributed by atoms with E-state index in [4.69, 9.17) is 23.1 Å². The van der Waals surface area contributed by atoms with Crippen molar-refractivity contribution in [2.75, 3.05) is 6.61 Å². The predicted octanol–water partition coefficient (Wildman–Crippen LogP) is 0.989. The monoisotopic (exact) mass is 451 g/mol. The molecule has 3 heterocycles. The van der Waals surface area contributed by atoms with Gasteiger partial charge in [0.25, 0.3) is 0 Å². The van der Waals surface area contributed by atoms with Crippen LogP contribution < -0.4 is 0 Å². The van der Waals surface area contributed by atoms with Gasteiger partial charge < -0.3 is 18.9 Å². The summed E-state index contributed by atoms with van der Waals surface area (Å²) in [6.07, 6.45) is -2.56. The van der Waals surface area contributed by atoms with E-state index >= 15 is 0 Å². The quantitative estimate of drug-likeness (QED) is 0.337. The van der Waals surface area contributed by atoms with Crippen molar-refractivity contribution in [3.8, 4) is 0 Å². The van der Waals surface area contributed by atoms with Crippen molar-refractivity contribution < 1.29 is 42.2 Å². The third kappa shape index (κ3) is 4.74. The van der Waals surface area contributed by atoms with Crippen LogP contribution in [0.1, 0.15) is 55.4 Å². The van der Waals surface area contributed by atoms with Crippen LogP contribution in [0.15, 0.2) is 12.7 Å². The summed E-state index contributed by atoms with van der Waals surface area (Å²) in [6, 6.07) is 0. The van der Waals surface area contributed by atoms with Gasteiger partial charge in [0.15, 0.2) is 29.9 Å². The zero-order chi connectivity index (χ0) is 25.7. The second kappa shape index (κ2) is 9.39. The van der Waals surface area contributed by atoms with Crippen LogP contribution in [0.3, 0.4) is 0 Å². The highest BCUT2D eigenvalue weighted by molar-refractivity contribution is 6.04. The van der Waals surface area contributed by atoms with Crippen molar-refractivity contribution in [3.63, 3.8) is 0 Å². The summed E-state index contributed by atoms with van der Waals surface area (Å²) in [7, 11) is 0. The highest BCUT2D eigenvalue weighted by Crippen LogP contribution is 2.36. The Morgan fingerprint density at radius 3 is 2.41 bits per heavy atom. The average molecular weight is 451 g/mol. The smallest absolute Gasteiger partial charge is 0.303 e. The van der Waals surface area contributed by atoms with Crippen molar-refractivity contribution in [2.45, 2.75) is 59.1 Å². The second-order valence-electron chi connectivity index (χ2n) is 7.22. The molecule has 0 amide bonds. The van der Waals surface area contributed by atoms with Gasteiger partial charge in [-0.1, -0.05) is 13.8 Å². The fourth-order valence-corrected chi connectivity index (χ4v) is 3.30. The standard InChI is InChI=1S/C20H24N4O8/c1-9(2)16(28)14-15-19(22-7-21-14)24(8-23-15)20-18(31-12(5)27)17(30-11(4)26)13(32-20)6-29-10(3)25/h7-9,13,17-18,20H,6H2,1-5H3/t13-,17-,18-,20?/m1/s1/i3D,4D,5D. The zero-order valence-electron chi connectivity index (χ0n) is 20.4. The van der Waals surface area contributed by atoms with E-state index in [1.807, 2.05) is 0 Å². The third-order valence-electron chi connectivity index (χ3n) is 4.62. The number of hydrogen-bond donors (Lipinski definition) is 0. The molecule has 2 aromatic heterocycles. The lowest BCUT2D eigenvalue weighted by molar-refractivity contribution is -0.166. The summed E-state index contributed by atoms with van der Waals surface area (Å²) >= 11 is 0. The Kier molecular flexibility index (Phi) is 5.66. The van der Waals surface area contributed by atoms with Crippen LogP contribution in [-0.2, 0) is 33.3 Å². The summed E-state index contributed by atoms with van der Waals surface area (Å²) < 4.78 is 44.5. The van der Waals surface area contributed by atoms with E-state index in [9.17, 15) is 19.2 Å². The molecule has 12 heteroatoms. The van der Waals surface area contributed by atoms with Crippen LogP contribution in [0.4, 0.5) is 0 Å². The van der Waals surface area contributed by atoms with Gasteiger partial charge in [-0.2, -0.15) is 0 Å². The summed E-state index contributed by atoms with van der Waals surface area (Å²) in [5, 5.41) is 0. The van der Waals surface area contributed by atoms with Gasteiger partial charge >= 0.3 is 17.9 Å². The number of Topliss-reactive ketones (excluding diaryl/α,β-unsaturated/α-hetero) is 1. The van der Waals surface area contributed by atoms with Crippen LogP contribution in [0.2, 0.25) is 0 Å². The first-order valence-electron chi connectivity index (χ1n) is 11.6. The average Bonchev–Trinajstić information content (AvgIpc) is 3.43. The molecule has 0 spiro atoms. The first-order valence-corrected chi connectivity index (χ1v) is 9.51. The molecule has 1 aliphatic rings. The molecule has 4 atom stereocenters. The maximum absolute atomic E-state index is 12.6. The minimum absolute atomic E-state index is 0.0829. The molecule has 172 valence electrons. The van der Waals surface area contributed by atoms with E-state index in [2.05, 4.69) is 15.0 Å². The molecule has 1 aliphatic heterocycles. The highest BCUT2D eigenvalue weighted by Gasteiger charge is 2.51. The molecule has 3 rings (SSSR count). The number of rotatable bonds is 7. The first-order chi connectivity index (χ1) is 16.7.